The number of oxime groups is 1. The molecule has 0 heterocycles. The summed E-state index contributed by atoms with van der Waals surface area (Å²) in [6.45, 7) is 8.75. The predicted molar refractivity (Wildman–Crippen MR) is 77.6 cm³/mol. The zero-order chi connectivity index (χ0) is 13.5. The van der Waals surface area contributed by atoms with Crippen LogP contribution < -0.4 is 4.74 Å². The number of nitrogens with zero attached hydrogens (tertiary/aromatic N) is 1. The molecule has 0 saturated heterocycles. The van der Waals surface area contributed by atoms with Gasteiger partial charge in [-0.15, -0.1) is 5.16 Å². The second-order valence-electron chi connectivity index (χ2n) is 4.78. The van der Waals surface area contributed by atoms with E-state index in [-0.39, 0.29) is 0 Å². The summed E-state index contributed by atoms with van der Waals surface area (Å²) in [5, 5.41) is 4.13. The molecule has 3 nitrogen and oxygen atoms in total. The summed E-state index contributed by atoms with van der Waals surface area (Å²) >= 11 is 0. The Morgan fingerprint density at radius 3 is 2.28 bits per heavy atom. The fraction of sp³-hybridized carbons (Fsp3) is 0.500. The van der Waals surface area contributed by atoms with E-state index in [0.717, 1.165) is 11.3 Å². The lowest BCUT2D eigenvalue weighted by molar-refractivity contribution is 0.332. The van der Waals surface area contributed by atoms with E-state index in [1.165, 1.54) is 0 Å². The Morgan fingerprint density at radius 2 is 1.72 bits per heavy atom. The molecule has 0 unspecified atom stereocenters. The van der Waals surface area contributed by atoms with Gasteiger partial charge in [0, 0.05) is 5.56 Å². The molecule has 0 bridgehead atoms. The van der Waals surface area contributed by atoms with Crippen LogP contribution in [0.3, 0.4) is 0 Å². The van der Waals surface area contributed by atoms with Gasteiger partial charge in [0.1, 0.15) is 5.75 Å². The number of methoxy groups -OCH3 is 1. The highest BCUT2D eigenvalue weighted by Gasteiger charge is 2.24. The first kappa shape index (κ1) is 14.8. The first-order chi connectivity index (χ1) is 8.56. The first-order valence-electron chi connectivity index (χ1n) is 6.26. The van der Waals surface area contributed by atoms with Crippen molar-refractivity contribution < 1.29 is 9.26 Å². The van der Waals surface area contributed by atoms with E-state index in [0.29, 0.717) is 11.1 Å². The molecule has 0 aliphatic rings. The van der Waals surface area contributed by atoms with Gasteiger partial charge in [0.2, 0.25) is 0 Å². The highest BCUT2D eigenvalue weighted by molar-refractivity contribution is 6.54. The van der Waals surface area contributed by atoms with Crippen molar-refractivity contribution in [3.63, 3.8) is 0 Å². The summed E-state index contributed by atoms with van der Waals surface area (Å²) in [6, 6.07) is 7.77. The Hall–Kier alpha value is -1.29. The molecule has 0 saturated carbocycles. The van der Waals surface area contributed by atoms with Crippen molar-refractivity contribution in [3.05, 3.63) is 29.8 Å². The van der Waals surface area contributed by atoms with E-state index in [4.69, 9.17) is 9.26 Å². The zero-order valence-electron chi connectivity index (χ0n) is 11.8. The van der Waals surface area contributed by atoms with Gasteiger partial charge in [0.05, 0.1) is 13.3 Å². The van der Waals surface area contributed by atoms with E-state index in [1.807, 2.05) is 24.3 Å². The number of benzene rings is 1. The third kappa shape index (κ3) is 4.18. The average Bonchev–Trinajstić information content (AvgIpc) is 2.34. The number of rotatable bonds is 6. The van der Waals surface area contributed by atoms with Gasteiger partial charge in [-0.25, -0.2) is 0 Å². The summed E-state index contributed by atoms with van der Waals surface area (Å²) < 4.78 is 10.9. The molecule has 0 spiro atoms. The van der Waals surface area contributed by atoms with Crippen LogP contribution in [0, 0.1) is 0 Å². The van der Waals surface area contributed by atoms with Gasteiger partial charge in [-0.3, -0.25) is 0 Å². The minimum absolute atomic E-state index is 0.546. The Bertz CT molecular complexity index is 383. The van der Waals surface area contributed by atoms with E-state index in [1.54, 1.807) is 13.3 Å². The monoisotopic (exact) mass is 264 g/mol. The van der Waals surface area contributed by atoms with Gasteiger partial charge >= 0.3 is 9.04 Å². The summed E-state index contributed by atoms with van der Waals surface area (Å²) in [7, 11) is 0.752. The van der Waals surface area contributed by atoms with E-state index >= 15 is 0 Å². The van der Waals surface area contributed by atoms with E-state index in [2.05, 4.69) is 32.9 Å². The van der Waals surface area contributed by atoms with Crippen molar-refractivity contribution in [2.75, 3.05) is 7.11 Å². The lowest BCUT2D eigenvalue weighted by Gasteiger charge is -2.18. The lowest BCUT2D eigenvalue weighted by Crippen LogP contribution is -2.23. The van der Waals surface area contributed by atoms with Crippen molar-refractivity contribution in [1.29, 1.82) is 0 Å². The molecule has 0 amide bonds. The van der Waals surface area contributed by atoms with Crippen LogP contribution in [0.4, 0.5) is 0 Å². The van der Waals surface area contributed by atoms with Crippen molar-refractivity contribution in [2.24, 2.45) is 5.16 Å². The number of para-hydroxylation sites is 1. The molecule has 0 N–H and O–H groups in total. The fourth-order valence-electron chi connectivity index (χ4n) is 1.79. The van der Waals surface area contributed by atoms with E-state index < -0.39 is 9.04 Å². The molecule has 4 heteroatoms. The molecule has 1 aromatic carbocycles. The van der Waals surface area contributed by atoms with Crippen LogP contribution in [0.2, 0.25) is 11.1 Å². The predicted octanol–water partition coefficient (Wildman–Crippen LogP) is 3.86. The largest absolute Gasteiger partial charge is 0.496 e. The number of ether oxygens (including phenoxy) is 1. The third-order valence-electron chi connectivity index (χ3n) is 2.63. The van der Waals surface area contributed by atoms with Gasteiger partial charge in [-0.1, -0.05) is 39.8 Å². The smallest absolute Gasteiger partial charge is 0.325 e. The SMILES string of the molecule is COc1ccccc1C=NO[Si](C(C)C)C(C)C. The summed E-state index contributed by atoms with van der Waals surface area (Å²) in [4.78, 5) is 0. The molecule has 18 heavy (non-hydrogen) atoms. The van der Waals surface area contributed by atoms with Crippen molar-refractivity contribution >= 4 is 15.3 Å². The van der Waals surface area contributed by atoms with Crippen molar-refractivity contribution in [3.8, 4) is 5.75 Å². The van der Waals surface area contributed by atoms with Crippen molar-refractivity contribution in [2.45, 2.75) is 38.8 Å². The molecule has 0 aliphatic heterocycles. The maximum absolute atomic E-state index is 5.68. The fourth-order valence-corrected chi connectivity index (χ4v) is 3.72. The maximum atomic E-state index is 5.68. The first-order valence-corrected chi connectivity index (χ1v) is 7.82. The van der Waals surface area contributed by atoms with Crippen LogP contribution in [0.15, 0.2) is 29.4 Å². The van der Waals surface area contributed by atoms with Crippen LogP contribution in [0.25, 0.3) is 0 Å². The second kappa shape index (κ2) is 7.21. The molecule has 0 fully saturated rings. The van der Waals surface area contributed by atoms with Crippen LogP contribution in [0.1, 0.15) is 33.3 Å². The normalized spacial score (nSPS) is 11.8. The van der Waals surface area contributed by atoms with Crippen LogP contribution >= 0.6 is 0 Å². The molecule has 1 aromatic rings. The highest BCUT2D eigenvalue weighted by atomic mass is 28.3. The number of hydrogen-bond donors (Lipinski definition) is 0. The molecule has 99 valence electrons. The Balaban J connectivity index is 2.69. The van der Waals surface area contributed by atoms with Crippen LogP contribution in [0.5, 0.6) is 5.75 Å². The molecular weight excluding hydrogens is 242 g/mol. The van der Waals surface area contributed by atoms with E-state index in [9.17, 15) is 0 Å². The second-order valence-corrected chi connectivity index (χ2v) is 8.08. The Kier molecular flexibility index (Phi) is 5.91. The average molecular weight is 264 g/mol. The highest BCUT2D eigenvalue weighted by Crippen LogP contribution is 2.21. The summed E-state index contributed by atoms with van der Waals surface area (Å²) in [5.74, 6) is 0.813. The van der Waals surface area contributed by atoms with Gasteiger partial charge in [-0.05, 0) is 23.2 Å². The number of hydrogen-bond acceptors (Lipinski definition) is 3. The maximum Gasteiger partial charge on any atom is 0.325 e. The quantitative estimate of drug-likeness (QED) is 0.444. The summed E-state index contributed by atoms with van der Waals surface area (Å²) in [5.41, 5.74) is 2.03. The minimum Gasteiger partial charge on any atom is -0.496 e. The molecule has 1 rings (SSSR count). The Morgan fingerprint density at radius 1 is 1.11 bits per heavy atom. The van der Waals surface area contributed by atoms with Gasteiger partial charge in [0.25, 0.3) is 0 Å². The van der Waals surface area contributed by atoms with Gasteiger partial charge in [-0.2, -0.15) is 0 Å². The molecule has 0 aliphatic carbocycles. The Labute approximate surface area is 112 Å². The van der Waals surface area contributed by atoms with Gasteiger partial charge < -0.3 is 9.26 Å². The van der Waals surface area contributed by atoms with Crippen molar-refractivity contribution in [1.82, 2.24) is 0 Å². The van der Waals surface area contributed by atoms with Gasteiger partial charge in [0.15, 0.2) is 0 Å². The molecule has 0 atom stereocenters. The zero-order valence-corrected chi connectivity index (χ0v) is 12.8. The lowest BCUT2D eigenvalue weighted by atomic mass is 10.2. The molecule has 0 aromatic heterocycles. The van der Waals surface area contributed by atoms with Crippen LogP contribution in [-0.2, 0) is 4.53 Å². The van der Waals surface area contributed by atoms with Crippen LogP contribution in [-0.4, -0.2) is 22.4 Å². The standard InChI is InChI=1S/C14H22NO2Si/c1-11(2)18(12(3)4)17-15-10-13-8-6-7-9-14(13)16-5/h6-12H,1-5H3. The third-order valence-corrected chi connectivity index (χ3v) is 5.22. The molecular formula is C14H22NO2Si. The summed E-state index contributed by atoms with van der Waals surface area (Å²) in [6.07, 6.45) is 1.73. The topological polar surface area (TPSA) is 30.8 Å². The molecule has 1 radical (unpaired) electrons. The minimum atomic E-state index is -0.906.